The highest BCUT2D eigenvalue weighted by Gasteiger charge is 2.29. The van der Waals surface area contributed by atoms with E-state index < -0.39 is 11.7 Å². The van der Waals surface area contributed by atoms with Crippen molar-refractivity contribution in [3.63, 3.8) is 0 Å². The number of fused-ring (bicyclic) bond motifs is 1. The summed E-state index contributed by atoms with van der Waals surface area (Å²) in [4.78, 5) is 13.8. The molecule has 0 fully saturated rings. The number of hydrazone groups is 1. The number of halogens is 1. The first-order valence-electron chi connectivity index (χ1n) is 7.94. The van der Waals surface area contributed by atoms with Gasteiger partial charge in [-0.3, -0.25) is 4.79 Å². The quantitative estimate of drug-likeness (QED) is 0.682. The topological polar surface area (TPSA) is 57.8 Å². The van der Waals surface area contributed by atoms with Gasteiger partial charge < -0.3 is 9.32 Å². The summed E-state index contributed by atoms with van der Waals surface area (Å²) in [5.41, 5.74) is 5.29. The monoisotopic (exact) mass is 341 g/mol. The molecular weight excluding hydrogens is 321 g/mol. The number of hydrogen-bond donors (Lipinski definition) is 1. The Morgan fingerprint density at radius 2 is 2.16 bits per heavy atom. The van der Waals surface area contributed by atoms with Crippen molar-refractivity contribution in [2.45, 2.75) is 26.3 Å². The van der Waals surface area contributed by atoms with Crippen LogP contribution in [0.4, 0.5) is 10.1 Å². The maximum atomic E-state index is 14.5. The summed E-state index contributed by atoms with van der Waals surface area (Å²) in [7, 11) is 1.94. The highest BCUT2D eigenvalue weighted by Crippen LogP contribution is 2.38. The molecule has 0 bridgehead atoms. The second-order valence-electron chi connectivity index (χ2n) is 6.61. The number of likely N-dealkylation sites (N-methyl/N-ethyl adjacent to an activating group) is 1. The highest BCUT2D eigenvalue weighted by molar-refractivity contribution is 5.93. The summed E-state index contributed by atoms with van der Waals surface area (Å²) in [6.07, 6.45) is 4.84. The van der Waals surface area contributed by atoms with Crippen LogP contribution < -0.4 is 10.3 Å². The van der Waals surface area contributed by atoms with Gasteiger partial charge in [0.1, 0.15) is 5.82 Å². The summed E-state index contributed by atoms with van der Waals surface area (Å²) < 4.78 is 19.4. The normalized spacial score (nSPS) is 15.9. The fraction of sp³-hybridized carbons (Fsp3) is 0.263. The summed E-state index contributed by atoms with van der Waals surface area (Å²) in [6.45, 7) is 6.17. The van der Waals surface area contributed by atoms with Crippen LogP contribution in [0.25, 0.3) is 5.57 Å². The van der Waals surface area contributed by atoms with E-state index in [2.05, 4.69) is 30.5 Å². The molecule has 130 valence electrons. The standard InChI is InChI=1S/C19H20FN3O2/c1-12-10-19(2,3)23(4)16-9-15(20)13(8-14(12)16)11-21-22-18(24)17-6-5-7-25-17/h5-11H,1-4H3,(H,22,24)/b21-11+. The van der Waals surface area contributed by atoms with E-state index in [9.17, 15) is 9.18 Å². The van der Waals surface area contributed by atoms with E-state index >= 15 is 0 Å². The molecule has 3 rings (SSSR count). The van der Waals surface area contributed by atoms with Crippen molar-refractivity contribution in [2.75, 3.05) is 11.9 Å². The van der Waals surface area contributed by atoms with Crippen LogP contribution in [0.3, 0.4) is 0 Å². The van der Waals surface area contributed by atoms with Gasteiger partial charge in [0.2, 0.25) is 0 Å². The molecule has 1 aliphatic heterocycles. The molecule has 5 nitrogen and oxygen atoms in total. The molecule has 2 aromatic rings. The van der Waals surface area contributed by atoms with Gasteiger partial charge in [0, 0.05) is 23.9 Å². The zero-order chi connectivity index (χ0) is 18.2. The van der Waals surface area contributed by atoms with Gasteiger partial charge in [-0.1, -0.05) is 6.08 Å². The van der Waals surface area contributed by atoms with E-state index in [0.717, 1.165) is 16.8 Å². The van der Waals surface area contributed by atoms with Gasteiger partial charge in [-0.25, -0.2) is 9.82 Å². The number of furan rings is 1. The van der Waals surface area contributed by atoms with E-state index in [1.54, 1.807) is 12.1 Å². The molecule has 0 atom stereocenters. The molecule has 2 heterocycles. The molecule has 0 spiro atoms. The Morgan fingerprint density at radius 1 is 1.40 bits per heavy atom. The summed E-state index contributed by atoms with van der Waals surface area (Å²) >= 11 is 0. The van der Waals surface area contributed by atoms with E-state index in [-0.39, 0.29) is 11.3 Å². The predicted molar refractivity (Wildman–Crippen MR) is 96.3 cm³/mol. The first kappa shape index (κ1) is 17.0. The Bertz CT molecular complexity index is 867. The molecule has 0 unspecified atom stereocenters. The number of carbonyl (C=O) groups is 1. The van der Waals surface area contributed by atoms with Crippen LogP contribution in [0, 0.1) is 5.82 Å². The van der Waals surface area contributed by atoms with Crippen LogP contribution in [0.2, 0.25) is 0 Å². The Kier molecular flexibility index (Phi) is 4.20. The molecule has 0 saturated heterocycles. The predicted octanol–water partition coefficient (Wildman–Crippen LogP) is 3.81. The second-order valence-corrected chi connectivity index (χ2v) is 6.61. The second kappa shape index (κ2) is 6.20. The molecule has 0 saturated carbocycles. The van der Waals surface area contributed by atoms with Crippen LogP contribution in [-0.2, 0) is 0 Å². The largest absolute Gasteiger partial charge is 0.459 e. The molecule has 1 amide bonds. The van der Waals surface area contributed by atoms with Gasteiger partial charge in [-0.2, -0.15) is 5.10 Å². The third kappa shape index (κ3) is 3.20. The van der Waals surface area contributed by atoms with Crippen LogP contribution >= 0.6 is 0 Å². The van der Waals surface area contributed by atoms with E-state index in [1.165, 1.54) is 24.6 Å². The SMILES string of the molecule is CC1=CC(C)(C)N(C)c2cc(F)c(/C=N/NC(=O)c3ccco3)cc21. The summed E-state index contributed by atoms with van der Waals surface area (Å²) in [5.74, 6) is -0.741. The lowest BCUT2D eigenvalue weighted by atomic mass is 9.88. The number of carbonyl (C=O) groups excluding carboxylic acids is 1. The van der Waals surface area contributed by atoms with E-state index in [0.29, 0.717) is 5.56 Å². The number of nitrogens with zero attached hydrogens (tertiary/aromatic N) is 2. The number of amides is 1. The lowest BCUT2D eigenvalue weighted by molar-refractivity contribution is 0.0927. The third-order valence-corrected chi connectivity index (χ3v) is 4.45. The number of allylic oxidation sites excluding steroid dienone is 1. The molecule has 6 heteroatoms. The molecule has 1 aromatic heterocycles. The van der Waals surface area contributed by atoms with Crippen molar-refractivity contribution in [2.24, 2.45) is 5.10 Å². The zero-order valence-corrected chi connectivity index (χ0v) is 14.6. The van der Waals surface area contributed by atoms with Gasteiger partial charge in [0.15, 0.2) is 5.76 Å². The van der Waals surface area contributed by atoms with Crippen molar-refractivity contribution in [1.82, 2.24) is 5.43 Å². The van der Waals surface area contributed by atoms with Crippen molar-refractivity contribution in [1.29, 1.82) is 0 Å². The average molecular weight is 341 g/mol. The zero-order valence-electron chi connectivity index (χ0n) is 14.6. The number of hydrogen-bond acceptors (Lipinski definition) is 4. The molecular formula is C19H20FN3O2. The minimum Gasteiger partial charge on any atom is -0.459 e. The third-order valence-electron chi connectivity index (χ3n) is 4.45. The number of anilines is 1. The van der Waals surface area contributed by atoms with Crippen molar-refractivity contribution >= 4 is 23.4 Å². The van der Waals surface area contributed by atoms with Gasteiger partial charge in [0.25, 0.3) is 0 Å². The van der Waals surface area contributed by atoms with Crippen LogP contribution in [0.15, 0.2) is 46.1 Å². The fourth-order valence-corrected chi connectivity index (χ4v) is 2.91. The summed E-state index contributed by atoms with van der Waals surface area (Å²) in [5, 5.41) is 3.82. The first-order chi connectivity index (χ1) is 11.8. The molecule has 1 aliphatic rings. The smallest absolute Gasteiger partial charge is 0.307 e. The first-order valence-corrected chi connectivity index (χ1v) is 7.94. The highest BCUT2D eigenvalue weighted by atomic mass is 19.1. The van der Waals surface area contributed by atoms with Crippen molar-refractivity contribution in [3.05, 3.63) is 59.3 Å². The van der Waals surface area contributed by atoms with Crippen molar-refractivity contribution in [3.8, 4) is 0 Å². The Hall–Kier alpha value is -2.89. The minimum atomic E-state index is -0.489. The lowest BCUT2D eigenvalue weighted by Gasteiger charge is -2.40. The van der Waals surface area contributed by atoms with Gasteiger partial charge in [-0.15, -0.1) is 0 Å². The number of benzene rings is 1. The molecule has 25 heavy (non-hydrogen) atoms. The molecule has 0 radical (unpaired) electrons. The number of nitrogens with one attached hydrogen (secondary N) is 1. The van der Waals surface area contributed by atoms with Gasteiger partial charge >= 0.3 is 5.91 Å². The average Bonchev–Trinajstić information content (AvgIpc) is 3.08. The van der Waals surface area contributed by atoms with Crippen molar-refractivity contribution < 1.29 is 13.6 Å². The Balaban J connectivity index is 1.86. The van der Waals surface area contributed by atoms with E-state index in [4.69, 9.17) is 4.42 Å². The van der Waals surface area contributed by atoms with E-state index in [1.807, 2.05) is 18.9 Å². The Labute approximate surface area is 145 Å². The maximum absolute atomic E-state index is 14.5. The van der Waals surface area contributed by atoms with Crippen LogP contribution in [-0.4, -0.2) is 24.7 Å². The molecule has 1 N–H and O–H groups in total. The maximum Gasteiger partial charge on any atom is 0.307 e. The van der Waals surface area contributed by atoms with Crippen LogP contribution in [0.1, 0.15) is 42.5 Å². The van der Waals surface area contributed by atoms with Crippen LogP contribution in [0.5, 0.6) is 0 Å². The number of rotatable bonds is 3. The minimum absolute atomic E-state index is 0.144. The summed E-state index contributed by atoms with van der Waals surface area (Å²) in [6, 6.07) is 6.37. The lowest BCUT2D eigenvalue weighted by Crippen LogP contribution is -2.42. The molecule has 1 aromatic carbocycles. The fourth-order valence-electron chi connectivity index (χ4n) is 2.91. The van der Waals surface area contributed by atoms with Gasteiger partial charge in [0.05, 0.1) is 18.0 Å². The molecule has 0 aliphatic carbocycles. The van der Waals surface area contributed by atoms with Gasteiger partial charge in [-0.05, 0) is 50.6 Å². The Morgan fingerprint density at radius 3 is 2.84 bits per heavy atom.